The molecule has 3 rings (SSSR count). The Morgan fingerprint density at radius 2 is 1.89 bits per heavy atom. The van der Waals surface area contributed by atoms with E-state index in [-0.39, 0.29) is 0 Å². The number of rotatable bonds is 5. The molecule has 1 aromatic rings. The van der Waals surface area contributed by atoms with E-state index in [0.717, 1.165) is 13.1 Å². The minimum atomic E-state index is 0.296. The summed E-state index contributed by atoms with van der Waals surface area (Å²) in [5, 5.41) is 9.32. The zero-order valence-corrected chi connectivity index (χ0v) is 11.7. The standard InChI is InChI=1S/C17H25NO/c19-11-10-18(16-7-2-1-3-8-16)13-15-12-14-6-4-5-9-17(14)15/h4-6,9,15-16,19H,1-3,7-8,10-13H2. The van der Waals surface area contributed by atoms with Crippen LogP contribution < -0.4 is 0 Å². The van der Waals surface area contributed by atoms with Crippen LogP contribution in [0.3, 0.4) is 0 Å². The van der Waals surface area contributed by atoms with Crippen LogP contribution in [0.5, 0.6) is 0 Å². The first-order chi connectivity index (χ1) is 9.38. The molecule has 2 heteroatoms. The van der Waals surface area contributed by atoms with Gasteiger partial charge >= 0.3 is 0 Å². The van der Waals surface area contributed by atoms with Gasteiger partial charge in [0.15, 0.2) is 0 Å². The maximum absolute atomic E-state index is 9.32. The maximum Gasteiger partial charge on any atom is 0.0558 e. The molecule has 0 aliphatic heterocycles. The molecule has 0 heterocycles. The lowest BCUT2D eigenvalue weighted by Crippen LogP contribution is -2.43. The summed E-state index contributed by atoms with van der Waals surface area (Å²) in [6.45, 7) is 2.29. The van der Waals surface area contributed by atoms with Gasteiger partial charge in [-0.15, -0.1) is 0 Å². The highest BCUT2D eigenvalue weighted by Crippen LogP contribution is 2.36. The Bertz CT molecular complexity index is 411. The zero-order chi connectivity index (χ0) is 13.1. The number of hydrogen-bond donors (Lipinski definition) is 1. The van der Waals surface area contributed by atoms with E-state index in [1.807, 2.05) is 0 Å². The summed E-state index contributed by atoms with van der Waals surface area (Å²) >= 11 is 0. The predicted molar refractivity (Wildman–Crippen MR) is 78.4 cm³/mol. The van der Waals surface area contributed by atoms with E-state index in [9.17, 15) is 5.11 Å². The average molecular weight is 259 g/mol. The van der Waals surface area contributed by atoms with E-state index in [0.29, 0.717) is 18.6 Å². The molecule has 0 saturated heterocycles. The van der Waals surface area contributed by atoms with Gasteiger partial charge in [0.25, 0.3) is 0 Å². The highest BCUT2D eigenvalue weighted by atomic mass is 16.3. The van der Waals surface area contributed by atoms with Gasteiger partial charge in [-0.25, -0.2) is 0 Å². The summed E-state index contributed by atoms with van der Waals surface area (Å²) in [4.78, 5) is 2.56. The lowest BCUT2D eigenvalue weighted by molar-refractivity contribution is 0.114. The monoisotopic (exact) mass is 259 g/mol. The molecule has 1 atom stereocenters. The summed E-state index contributed by atoms with van der Waals surface area (Å²) in [6.07, 6.45) is 8.02. The van der Waals surface area contributed by atoms with Crippen molar-refractivity contribution in [3.05, 3.63) is 35.4 Å². The molecule has 1 unspecified atom stereocenters. The van der Waals surface area contributed by atoms with Crippen molar-refractivity contribution in [3.8, 4) is 0 Å². The molecule has 2 nitrogen and oxygen atoms in total. The Balaban J connectivity index is 1.62. The van der Waals surface area contributed by atoms with Gasteiger partial charge in [-0.2, -0.15) is 0 Å². The average Bonchev–Trinajstić information content (AvgIpc) is 2.44. The van der Waals surface area contributed by atoms with Crippen LogP contribution >= 0.6 is 0 Å². The van der Waals surface area contributed by atoms with Crippen molar-refractivity contribution in [1.29, 1.82) is 0 Å². The van der Waals surface area contributed by atoms with Crippen molar-refractivity contribution in [2.45, 2.75) is 50.5 Å². The summed E-state index contributed by atoms with van der Waals surface area (Å²) in [5.41, 5.74) is 3.07. The fourth-order valence-electron chi connectivity index (χ4n) is 3.81. The van der Waals surface area contributed by atoms with Crippen LogP contribution in [-0.2, 0) is 6.42 Å². The van der Waals surface area contributed by atoms with Gasteiger partial charge in [0.2, 0.25) is 0 Å². The van der Waals surface area contributed by atoms with Crippen molar-refractivity contribution < 1.29 is 5.11 Å². The largest absolute Gasteiger partial charge is 0.395 e. The number of hydrogen-bond acceptors (Lipinski definition) is 2. The highest BCUT2D eigenvalue weighted by molar-refractivity contribution is 5.40. The molecule has 104 valence electrons. The third-order valence-electron chi connectivity index (χ3n) is 4.89. The molecular weight excluding hydrogens is 234 g/mol. The van der Waals surface area contributed by atoms with Gasteiger partial charge < -0.3 is 5.11 Å². The summed E-state index contributed by atoms with van der Waals surface area (Å²) in [6, 6.07) is 9.54. The summed E-state index contributed by atoms with van der Waals surface area (Å²) < 4.78 is 0. The first-order valence-electron chi connectivity index (χ1n) is 7.81. The number of aliphatic hydroxyl groups excluding tert-OH is 1. The second-order valence-electron chi connectivity index (χ2n) is 6.11. The molecule has 0 spiro atoms. The smallest absolute Gasteiger partial charge is 0.0558 e. The van der Waals surface area contributed by atoms with E-state index in [1.54, 1.807) is 5.56 Å². The molecule has 1 saturated carbocycles. The Labute approximate surface area is 116 Å². The van der Waals surface area contributed by atoms with Crippen molar-refractivity contribution in [2.24, 2.45) is 0 Å². The normalized spacial score (nSPS) is 23.2. The lowest BCUT2D eigenvalue weighted by Gasteiger charge is -2.39. The molecule has 2 aliphatic carbocycles. The van der Waals surface area contributed by atoms with Gasteiger partial charge in [-0.05, 0) is 30.4 Å². The van der Waals surface area contributed by atoms with Crippen LogP contribution in [-0.4, -0.2) is 35.7 Å². The molecule has 1 fully saturated rings. The van der Waals surface area contributed by atoms with E-state index in [1.165, 1.54) is 44.1 Å². The van der Waals surface area contributed by atoms with E-state index in [2.05, 4.69) is 29.2 Å². The van der Waals surface area contributed by atoms with Gasteiger partial charge in [0, 0.05) is 25.0 Å². The van der Waals surface area contributed by atoms with Crippen LogP contribution in [0, 0.1) is 0 Å². The van der Waals surface area contributed by atoms with E-state index in [4.69, 9.17) is 0 Å². The maximum atomic E-state index is 9.32. The molecule has 19 heavy (non-hydrogen) atoms. The molecule has 0 bridgehead atoms. The number of nitrogens with zero attached hydrogens (tertiary/aromatic N) is 1. The molecule has 0 amide bonds. The third kappa shape index (κ3) is 2.85. The fraction of sp³-hybridized carbons (Fsp3) is 0.647. The van der Waals surface area contributed by atoms with Crippen molar-refractivity contribution in [3.63, 3.8) is 0 Å². The minimum absolute atomic E-state index is 0.296. The number of benzene rings is 1. The van der Waals surface area contributed by atoms with Crippen LogP contribution in [0.25, 0.3) is 0 Å². The van der Waals surface area contributed by atoms with Crippen LogP contribution in [0.2, 0.25) is 0 Å². The molecule has 1 N–H and O–H groups in total. The van der Waals surface area contributed by atoms with Gasteiger partial charge in [-0.1, -0.05) is 43.5 Å². The Morgan fingerprint density at radius 3 is 2.63 bits per heavy atom. The van der Waals surface area contributed by atoms with Gasteiger partial charge in [0.1, 0.15) is 0 Å². The van der Waals surface area contributed by atoms with Crippen LogP contribution in [0.4, 0.5) is 0 Å². The highest BCUT2D eigenvalue weighted by Gasteiger charge is 2.30. The Hall–Kier alpha value is -0.860. The summed E-state index contributed by atoms with van der Waals surface area (Å²) in [5.74, 6) is 0.699. The van der Waals surface area contributed by atoms with E-state index < -0.39 is 0 Å². The Kier molecular flexibility index (Phi) is 4.19. The first kappa shape index (κ1) is 13.1. The quantitative estimate of drug-likeness (QED) is 0.879. The predicted octanol–water partition coefficient (Wildman–Crippen LogP) is 2.95. The first-order valence-corrected chi connectivity index (χ1v) is 7.81. The van der Waals surface area contributed by atoms with E-state index >= 15 is 0 Å². The Morgan fingerprint density at radius 1 is 1.11 bits per heavy atom. The second kappa shape index (κ2) is 6.06. The van der Waals surface area contributed by atoms with Crippen molar-refractivity contribution in [2.75, 3.05) is 19.7 Å². The van der Waals surface area contributed by atoms with Gasteiger partial charge in [0.05, 0.1) is 6.61 Å². The topological polar surface area (TPSA) is 23.5 Å². The zero-order valence-electron chi connectivity index (χ0n) is 11.7. The molecule has 1 aromatic carbocycles. The fourth-order valence-corrected chi connectivity index (χ4v) is 3.81. The minimum Gasteiger partial charge on any atom is -0.395 e. The number of fused-ring (bicyclic) bond motifs is 1. The van der Waals surface area contributed by atoms with Crippen molar-refractivity contribution >= 4 is 0 Å². The SMILES string of the molecule is OCCN(CC1Cc2ccccc21)C1CCCCC1. The second-order valence-corrected chi connectivity index (χ2v) is 6.11. The molecule has 2 aliphatic rings. The molecule has 0 radical (unpaired) electrons. The molecule has 0 aromatic heterocycles. The van der Waals surface area contributed by atoms with Crippen LogP contribution in [0.1, 0.15) is 49.1 Å². The third-order valence-corrected chi connectivity index (χ3v) is 4.89. The van der Waals surface area contributed by atoms with Crippen LogP contribution in [0.15, 0.2) is 24.3 Å². The number of aliphatic hydroxyl groups is 1. The van der Waals surface area contributed by atoms with Crippen molar-refractivity contribution in [1.82, 2.24) is 4.90 Å². The summed E-state index contributed by atoms with van der Waals surface area (Å²) in [7, 11) is 0. The van der Waals surface area contributed by atoms with Gasteiger partial charge in [-0.3, -0.25) is 4.90 Å². The lowest BCUT2D eigenvalue weighted by atomic mass is 9.77. The molecular formula is C17H25NO.